The molecule has 1 aromatic carbocycles. The summed E-state index contributed by atoms with van der Waals surface area (Å²) in [6, 6.07) is 4.10. The molecule has 18 heavy (non-hydrogen) atoms. The van der Waals surface area contributed by atoms with E-state index in [2.05, 4.69) is 10.1 Å². The fraction of sp³-hybridized carbons (Fsp3) is 0.333. The minimum Gasteiger partial charge on any atom is -0.334 e. The average Bonchev–Trinajstić information content (AvgIpc) is 2.64. The fourth-order valence-electron chi connectivity index (χ4n) is 1.97. The first-order chi connectivity index (χ1) is 8.29. The summed E-state index contributed by atoms with van der Waals surface area (Å²) in [5.41, 5.74) is 4.21. The van der Waals surface area contributed by atoms with Crippen LogP contribution in [0.2, 0.25) is 0 Å². The van der Waals surface area contributed by atoms with E-state index in [1.165, 1.54) is 5.56 Å². The molecule has 0 fully saturated rings. The maximum absolute atomic E-state index is 5.70. The molecule has 3 nitrogen and oxygen atoms in total. The van der Waals surface area contributed by atoms with Crippen LogP contribution in [0.25, 0.3) is 11.4 Å². The minimum atomic E-state index is -1.70. The second-order valence-electron chi connectivity index (χ2n) is 4.19. The van der Waals surface area contributed by atoms with Gasteiger partial charge in [-0.05, 0) is 31.9 Å². The SMILES string of the molecule is Cc1cc(C)c(-c2noc(C(Cl)(Cl)Cl)n2)c(C)c1. The van der Waals surface area contributed by atoms with Gasteiger partial charge in [-0.15, -0.1) is 0 Å². The van der Waals surface area contributed by atoms with Crippen molar-refractivity contribution in [3.05, 3.63) is 34.7 Å². The highest BCUT2D eigenvalue weighted by Crippen LogP contribution is 2.38. The second kappa shape index (κ2) is 4.72. The maximum Gasteiger partial charge on any atom is 0.279 e. The summed E-state index contributed by atoms with van der Waals surface area (Å²) < 4.78 is 3.27. The Morgan fingerprint density at radius 3 is 2.06 bits per heavy atom. The van der Waals surface area contributed by atoms with Crippen LogP contribution in [-0.2, 0) is 3.79 Å². The van der Waals surface area contributed by atoms with Crippen molar-refractivity contribution in [3.63, 3.8) is 0 Å². The van der Waals surface area contributed by atoms with Crippen LogP contribution in [0.3, 0.4) is 0 Å². The quantitative estimate of drug-likeness (QED) is 0.729. The standard InChI is InChI=1S/C12H11Cl3N2O/c1-6-4-7(2)9(8(3)5-6)10-16-11(18-17-10)12(13,14)15/h4-5H,1-3H3. The normalized spacial score (nSPS) is 11.9. The van der Waals surface area contributed by atoms with Crippen LogP contribution < -0.4 is 0 Å². The molecule has 0 bridgehead atoms. The van der Waals surface area contributed by atoms with Crippen LogP contribution in [0, 0.1) is 20.8 Å². The Kier molecular flexibility index (Phi) is 3.58. The first-order valence-corrected chi connectivity index (χ1v) is 6.41. The van der Waals surface area contributed by atoms with Crippen molar-refractivity contribution < 1.29 is 4.52 Å². The molecule has 96 valence electrons. The minimum absolute atomic E-state index is 0.0260. The molecule has 0 saturated heterocycles. The van der Waals surface area contributed by atoms with Crippen molar-refractivity contribution in [2.45, 2.75) is 24.6 Å². The van der Waals surface area contributed by atoms with E-state index >= 15 is 0 Å². The smallest absolute Gasteiger partial charge is 0.279 e. The van der Waals surface area contributed by atoms with Crippen molar-refractivity contribution in [1.82, 2.24) is 10.1 Å². The summed E-state index contributed by atoms with van der Waals surface area (Å²) in [5.74, 6) is 0.410. The summed E-state index contributed by atoms with van der Waals surface area (Å²) in [6.07, 6.45) is 0. The van der Waals surface area contributed by atoms with Gasteiger partial charge in [0.15, 0.2) is 0 Å². The molecule has 2 rings (SSSR count). The molecule has 1 heterocycles. The Hall–Kier alpha value is -0.770. The van der Waals surface area contributed by atoms with E-state index in [1.807, 2.05) is 32.9 Å². The molecule has 0 N–H and O–H groups in total. The number of hydrogen-bond acceptors (Lipinski definition) is 3. The lowest BCUT2D eigenvalue weighted by molar-refractivity contribution is 0.383. The third kappa shape index (κ3) is 2.63. The molecule has 0 atom stereocenters. The van der Waals surface area contributed by atoms with E-state index in [9.17, 15) is 0 Å². The Morgan fingerprint density at radius 2 is 1.61 bits per heavy atom. The van der Waals surface area contributed by atoms with E-state index < -0.39 is 3.79 Å². The number of halogens is 3. The van der Waals surface area contributed by atoms with E-state index in [0.717, 1.165) is 16.7 Å². The van der Waals surface area contributed by atoms with Crippen LogP contribution >= 0.6 is 34.8 Å². The summed E-state index contributed by atoms with van der Waals surface area (Å²) in [7, 11) is 0. The predicted molar refractivity (Wildman–Crippen MR) is 73.2 cm³/mol. The van der Waals surface area contributed by atoms with Gasteiger partial charge in [0, 0.05) is 5.56 Å². The van der Waals surface area contributed by atoms with Gasteiger partial charge in [-0.3, -0.25) is 0 Å². The van der Waals surface area contributed by atoms with Gasteiger partial charge in [0.2, 0.25) is 5.82 Å². The molecule has 0 amide bonds. The zero-order valence-corrected chi connectivity index (χ0v) is 12.4. The molecule has 1 aromatic heterocycles. The fourth-order valence-corrected chi connectivity index (χ4v) is 2.20. The second-order valence-corrected chi connectivity index (χ2v) is 6.48. The molecule has 2 aromatic rings. The van der Waals surface area contributed by atoms with Crippen molar-refractivity contribution in [3.8, 4) is 11.4 Å². The summed E-state index contributed by atoms with van der Waals surface area (Å²) in [4.78, 5) is 4.13. The van der Waals surface area contributed by atoms with E-state index in [4.69, 9.17) is 39.3 Å². The zero-order chi connectivity index (χ0) is 13.5. The highest BCUT2D eigenvalue weighted by Gasteiger charge is 2.31. The van der Waals surface area contributed by atoms with E-state index in [-0.39, 0.29) is 5.89 Å². The number of benzene rings is 1. The molecular weight excluding hydrogens is 295 g/mol. The van der Waals surface area contributed by atoms with E-state index in [1.54, 1.807) is 0 Å². The predicted octanol–water partition coefficient (Wildman–Crippen LogP) is 4.49. The average molecular weight is 306 g/mol. The zero-order valence-electron chi connectivity index (χ0n) is 10.1. The molecular formula is C12H11Cl3N2O. The highest BCUT2D eigenvalue weighted by molar-refractivity contribution is 6.66. The van der Waals surface area contributed by atoms with Gasteiger partial charge in [0.1, 0.15) is 0 Å². The molecule has 6 heteroatoms. The van der Waals surface area contributed by atoms with E-state index in [0.29, 0.717) is 5.82 Å². The number of aryl methyl sites for hydroxylation is 3. The largest absolute Gasteiger partial charge is 0.334 e. The first kappa shape index (κ1) is 13.7. The van der Waals surface area contributed by atoms with Gasteiger partial charge in [-0.1, -0.05) is 57.7 Å². The third-order valence-corrected chi connectivity index (χ3v) is 3.05. The third-order valence-electron chi connectivity index (χ3n) is 2.57. The molecule has 0 unspecified atom stereocenters. The van der Waals surface area contributed by atoms with Crippen molar-refractivity contribution >= 4 is 34.8 Å². The number of nitrogens with zero attached hydrogens (tertiary/aromatic N) is 2. The molecule has 0 aliphatic heterocycles. The monoisotopic (exact) mass is 304 g/mol. The maximum atomic E-state index is 5.70. The summed E-state index contributed by atoms with van der Waals surface area (Å²) >= 11 is 17.1. The molecule has 0 spiro atoms. The molecule has 0 radical (unpaired) electrons. The summed E-state index contributed by atoms with van der Waals surface area (Å²) in [6.45, 7) is 6.01. The Balaban J connectivity index is 2.53. The lowest BCUT2D eigenvalue weighted by Crippen LogP contribution is -2.00. The van der Waals surface area contributed by atoms with Gasteiger partial charge in [0.05, 0.1) is 0 Å². The highest BCUT2D eigenvalue weighted by atomic mass is 35.6. The Morgan fingerprint density at radius 1 is 1.06 bits per heavy atom. The van der Waals surface area contributed by atoms with Crippen LogP contribution in [-0.4, -0.2) is 10.1 Å². The Labute approximate surface area is 120 Å². The van der Waals surface area contributed by atoms with Gasteiger partial charge < -0.3 is 4.52 Å². The number of alkyl halides is 3. The topological polar surface area (TPSA) is 38.9 Å². The first-order valence-electron chi connectivity index (χ1n) is 5.28. The molecule has 0 aliphatic carbocycles. The lowest BCUT2D eigenvalue weighted by atomic mass is 9.99. The van der Waals surface area contributed by atoms with Gasteiger partial charge in [-0.2, -0.15) is 4.98 Å². The van der Waals surface area contributed by atoms with Crippen molar-refractivity contribution in [2.24, 2.45) is 0 Å². The van der Waals surface area contributed by atoms with Gasteiger partial charge >= 0.3 is 0 Å². The number of hydrogen-bond donors (Lipinski definition) is 0. The van der Waals surface area contributed by atoms with Crippen LogP contribution in [0.1, 0.15) is 22.6 Å². The van der Waals surface area contributed by atoms with Crippen LogP contribution in [0.5, 0.6) is 0 Å². The number of aromatic nitrogens is 2. The molecule has 0 saturated carbocycles. The van der Waals surface area contributed by atoms with Gasteiger partial charge in [-0.25, -0.2) is 0 Å². The number of rotatable bonds is 1. The van der Waals surface area contributed by atoms with Crippen LogP contribution in [0.15, 0.2) is 16.7 Å². The summed E-state index contributed by atoms with van der Waals surface area (Å²) in [5, 5.41) is 3.86. The Bertz CT molecular complexity index is 564. The van der Waals surface area contributed by atoms with Gasteiger partial charge in [0.25, 0.3) is 9.68 Å². The van der Waals surface area contributed by atoms with Crippen molar-refractivity contribution in [2.75, 3.05) is 0 Å². The molecule has 0 aliphatic rings. The lowest BCUT2D eigenvalue weighted by Gasteiger charge is -2.07. The van der Waals surface area contributed by atoms with Crippen LogP contribution in [0.4, 0.5) is 0 Å². The van der Waals surface area contributed by atoms with Crippen molar-refractivity contribution in [1.29, 1.82) is 0 Å².